The zero-order chi connectivity index (χ0) is 26.1. The largest absolute Gasteiger partial charge is 0.481 e. The number of hydrogen-bond acceptors (Lipinski definition) is 5. The van der Waals surface area contributed by atoms with Crippen molar-refractivity contribution in [3.8, 4) is 5.75 Å². The number of pyridine rings is 1. The van der Waals surface area contributed by atoms with E-state index in [0.29, 0.717) is 37.4 Å². The van der Waals surface area contributed by atoms with Gasteiger partial charge in [0.25, 0.3) is 0 Å². The van der Waals surface area contributed by atoms with Crippen LogP contribution in [0.4, 0.5) is 4.39 Å². The Morgan fingerprint density at radius 1 is 1.00 bits per heavy atom. The van der Waals surface area contributed by atoms with Crippen LogP contribution >= 0.6 is 0 Å². The SMILES string of the molecule is COC(=O)C1(c2cc(F)cc(OC(c3ccccc3)c3ccc4c(ccc5nccn54)c3)c2)CCOCC1. The minimum Gasteiger partial charge on any atom is -0.481 e. The van der Waals surface area contributed by atoms with Crippen molar-refractivity contribution in [2.24, 2.45) is 0 Å². The van der Waals surface area contributed by atoms with Gasteiger partial charge in [0.1, 0.15) is 23.3 Å². The summed E-state index contributed by atoms with van der Waals surface area (Å²) in [6, 6.07) is 24.5. The standard InChI is InChI=1S/C31H27FN2O4/c1-36-30(35)31(11-15-37-16-12-31)24-18-25(32)20-26(19-24)38-29(21-5-3-2-4-6-21)23-7-9-27-22(17-23)8-10-28-33-13-14-34(27)28/h2-10,13-14,17-20,29H,11-12,15-16H2,1H3. The molecule has 0 bridgehead atoms. The number of methoxy groups -OCH3 is 1. The summed E-state index contributed by atoms with van der Waals surface area (Å²) in [5, 5.41) is 1.03. The van der Waals surface area contributed by atoms with Crippen molar-refractivity contribution >= 4 is 22.5 Å². The summed E-state index contributed by atoms with van der Waals surface area (Å²) < 4.78 is 34.3. The van der Waals surface area contributed by atoms with Crippen molar-refractivity contribution in [2.75, 3.05) is 20.3 Å². The lowest BCUT2D eigenvalue weighted by atomic mass is 9.74. The smallest absolute Gasteiger partial charge is 0.316 e. The minimum atomic E-state index is -0.978. The number of ether oxygens (including phenoxy) is 3. The molecule has 0 amide bonds. The second kappa shape index (κ2) is 9.91. The zero-order valence-electron chi connectivity index (χ0n) is 21.0. The van der Waals surface area contributed by atoms with E-state index < -0.39 is 23.3 Å². The van der Waals surface area contributed by atoms with Crippen LogP contribution in [-0.2, 0) is 19.7 Å². The molecule has 38 heavy (non-hydrogen) atoms. The van der Waals surface area contributed by atoms with E-state index in [1.807, 2.05) is 65.2 Å². The normalized spacial score (nSPS) is 15.8. The maximum Gasteiger partial charge on any atom is 0.316 e. The average Bonchev–Trinajstić information content (AvgIpc) is 3.45. The van der Waals surface area contributed by atoms with Crippen molar-refractivity contribution in [3.63, 3.8) is 0 Å². The van der Waals surface area contributed by atoms with Gasteiger partial charge in [0.15, 0.2) is 0 Å². The maximum absolute atomic E-state index is 15.0. The molecule has 2 aromatic heterocycles. The number of rotatable bonds is 6. The van der Waals surface area contributed by atoms with Crippen molar-refractivity contribution < 1.29 is 23.4 Å². The fraction of sp³-hybridized carbons (Fsp3) is 0.226. The number of aromatic nitrogens is 2. The van der Waals surface area contributed by atoms with E-state index in [1.165, 1.54) is 19.2 Å². The molecule has 192 valence electrons. The highest BCUT2D eigenvalue weighted by atomic mass is 19.1. The van der Waals surface area contributed by atoms with Crippen LogP contribution in [0.2, 0.25) is 0 Å². The highest BCUT2D eigenvalue weighted by molar-refractivity contribution is 5.84. The summed E-state index contributed by atoms with van der Waals surface area (Å²) >= 11 is 0. The molecule has 0 spiro atoms. The predicted molar refractivity (Wildman–Crippen MR) is 142 cm³/mol. The molecule has 0 N–H and O–H groups in total. The molecule has 1 unspecified atom stereocenters. The highest BCUT2D eigenvalue weighted by Crippen LogP contribution is 2.39. The van der Waals surface area contributed by atoms with Crippen molar-refractivity contribution in [1.29, 1.82) is 0 Å². The molecule has 1 fully saturated rings. The summed E-state index contributed by atoms with van der Waals surface area (Å²) in [5.74, 6) is -0.522. The van der Waals surface area contributed by atoms with Crippen LogP contribution in [-0.4, -0.2) is 35.7 Å². The number of fused-ring (bicyclic) bond motifs is 3. The molecule has 0 saturated carbocycles. The van der Waals surface area contributed by atoms with Crippen LogP contribution in [0.25, 0.3) is 16.6 Å². The van der Waals surface area contributed by atoms with Crippen LogP contribution in [0.15, 0.2) is 91.3 Å². The van der Waals surface area contributed by atoms with E-state index in [0.717, 1.165) is 27.7 Å². The van der Waals surface area contributed by atoms with Gasteiger partial charge in [-0.3, -0.25) is 9.20 Å². The summed E-state index contributed by atoms with van der Waals surface area (Å²) in [7, 11) is 1.36. The molecule has 1 aliphatic rings. The van der Waals surface area contributed by atoms with Gasteiger partial charge in [-0.05, 0) is 71.3 Å². The van der Waals surface area contributed by atoms with Crippen LogP contribution < -0.4 is 4.74 Å². The lowest BCUT2D eigenvalue weighted by Crippen LogP contribution is -2.42. The first-order chi connectivity index (χ1) is 18.6. The Kier molecular flexibility index (Phi) is 6.29. The van der Waals surface area contributed by atoms with E-state index in [1.54, 1.807) is 12.3 Å². The minimum absolute atomic E-state index is 0.341. The van der Waals surface area contributed by atoms with Gasteiger partial charge in [-0.25, -0.2) is 9.37 Å². The van der Waals surface area contributed by atoms with E-state index in [-0.39, 0.29) is 0 Å². The molecular weight excluding hydrogens is 483 g/mol. The van der Waals surface area contributed by atoms with E-state index in [9.17, 15) is 4.79 Å². The first-order valence-corrected chi connectivity index (χ1v) is 12.6. The molecule has 5 aromatic rings. The molecule has 0 radical (unpaired) electrons. The Morgan fingerprint density at radius 3 is 2.61 bits per heavy atom. The second-order valence-electron chi connectivity index (χ2n) is 9.58. The van der Waals surface area contributed by atoms with Gasteiger partial charge in [0.05, 0.1) is 18.0 Å². The van der Waals surface area contributed by atoms with Crippen LogP contribution in [0, 0.1) is 5.82 Å². The number of benzene rings is 3. The lowest BCUT2D eigenvalue weighted by Gasteiger charge is -2.35. The molecule has 0 aliphatic carbocycles. The number of imidazole rings is 1. The number of carbonyl (C=O) groups excluding carboxylic acids is 1. The van der Waals surface area contributed by atoms with Gasteiger partial charge >= 0.3 is 5.97 Å². The zero-order valence-corrected chi connectivity index (χ0v) is 21.0. The topological polar surface area (TPSA) is 62.1 Å². The third-order valence-corrected chi connectivity index (χ3v) is 7.40. The Morgan fingerprint density at radius 2 is 1.82 bits per heavy atom. The van der Waals surface area contributed by atoms with Gasteiger partial charge < -0.3 is 14.2 Å². The third kappa shape index (κ3) is 4.29. The Labute approximate surface area is 219 Å². The summed E-state index contributed by atoms with van der Waals surface area (Å²) in [6.07, 6.45) is 4.04. The van der Waals surface area contributed by atoms with E-state index >= 15 is 4.39 Å². The fourth-order valence-corrected chi connectivity index (χ4v) is 5.42. The van der Waals surface area contributed by atoms with Crippen LogP contribution in [0.1, 0.15) is 35.6 Å². The van der Waals surface area contributed by atoms with Gasteiger partial charge in [0, 0.05) is 31.7 Å². The number of nitrogens with zero attached hydrogens (tertiary/aromatic N) is 2. The summed E-state index contributed by atoms with van der Waals surface area (Å²) in [6.45, 7) is 0.797. The Hall–Kier alpha value is -4.23. The molecule has 7 heteroatoms. The van der Waals surface area contributed by atoms with Crippen molar-refractivity contribution in [3.05, 3.63) is 114 Å². The molecule has 6 nitrogen and oxygen atoms in total. The summed E-state index contributed by atoms with van der Waals surface area (Å²) in [5.41, 5.74) is 3.31. The molecule has 1 saturated heterocycles. The first-order valence-electron chi connectivity index (χ1n) is 12.6. The third-order valence-electron chi connectivity index (χ3n) is 7.40. The lowest BCUT2D eigenvalue weighted by molar-refractivity contribution is -0.151. The van der Waals surface area contributed by atoms with Crippen LogP contribution in [0.3, 0.4) is 0 Å². The molecule has 3 aromatic carbocycles. The van der Waals surface area contributed by atoms with E-state index in [4.69, 9.17) is 14.2 Å². The van der Waals surface area contributed by atoms with Crippen LogP contribution in [0.5, 0.6) is 5.75 Å². The first kappa shape index (κ1) is 24.1. The highest BCUT2D eigenvalue weighted by Gasteiger charge is 2.43. The van der Waals surface area contributed by atoms with Crippen molar-refractivity contribution in [2.45, 2.75) is 24.4 Å². The number of carbonyl (C=O) groups is 1. The summed E-state index contributed by atoms with van der Waals surface area (Å²) in [4.78, 5) is 17.3. The molecule has 1 atom stereocenters. The average molecular weight is 511 g/mol. The van der Waals surface area contributed by atoms with Gasteiger partial charge in [0.2, 0.25) is 0 Å². The predicted octanol–water partition coefficient (Wildman–Crippen LogP) is 6.02. The Balaban J connectivity index is 1.43. The molecular formula is C31H27FN2O4. The second-order valence-corrected chi connectivity index (χ2v) is 9.58. The fourth-order valence-electron chi connectivity index (χ4n) is 5.42. The molecule has 3 heterocycles. The van der Waals surface area contributed by atoms with Gasteiger partial charge in [-0.1, -0.05) is 36.4 Å². The quantitative estimate of drug-likeness (QED) is 0.262. The Bertz CT molecular complexity index is 1610. The van der Waals surface area contributed by atoms with Crippen molar-refractivity contribution in [1.82, 2.24) is 9.38 Å². The number of esters is 1. The molecule has 1 aliphatic heterocycles. The van der Waals surface area contributed by atoms with Gasteiger partial charge in [-0.2, -0.15) is 0 Å². The van der Waals surface area contributed by atoms with Gasteiger partial charge in [-0.15, -0.1) is 0 Å². The number of hydrogen-bond donors (Lipinski definition) is 0. The monoisotopic (exact) mass is 510 g/mol. The van der Waals surface area contributed by atoms with E-state index in [2.05, 4.69) is 11.1 Å². The number of halogens is 1. The molecule has 6 rings (SSSR count). The maximum atomic E-state index is 15.0.